The van der Waals surface area contributed by atoms with Crippen molar-refractivity contribution in [3.63, 3.8) is 0 Å². The van der Waals surface area contributed by atoms with Crippen LogP contribution >= 0.6 is 23.4 Å². The second-order valence-corrected chi connectivity index (χ2v) is 9.16. The predicted molar refractivity (Wildman–Crippen MR) is 129 cm³/mol. The Morgan fingerprint density at radius 2 is 1.90 bits per heavy atom. The fourth-order valence-corrected chi connectivity index (χ4v) is 5.30. The van der Waals surface area contributed by atoms with Crippen LogP contribution in [-0.2, 0) is 4.79 Å². The second-order valence-electron chi connectivity index (χ2n) is 7.58. The fourth-order valence-electron chi connectivity index (χ4n) is 3.92. The van der Waals surface area contributed by atoms with Gasteiger partial charge in [-0.25, -0.2) is 0 Å². The SMILES string of the molecule is C=CCN(C)CCCN1C(=O)C(c2ccc(Cl)cc2)Sc2ccc3ccccc3c21. The molecule has 0 spiro atoms. The monoisotopic (exact) mass is 436 g/mol. The summed E-state index contributed by atoms with van der Waals surface area (Å²) in [5, 5.41) is 2.70. The fraction of sp³-hybridized carbons (Fsp3) is 0.240. The van der Waals surface area contributed by atoms with Gasteiger partial charge in [-0.15, -0.1) is 18.3 Å². The third-order valence-electron chi connectivity index (χ3n) is 5.40. The number of hydrogen-bond donors (Lipinski definition) is 0. The van der Waals surface area contributed by atoms with Crippen LogP contribution in [0.5, 0.6) is 0 Å². The minimum absolute atomic E-state index is 0.137. The lowest BCUT2D eigenvalue weighted by molar-refractivity contribution is -0.118. The molecule has 154 valence electrons. The van der Waals surface area contributed by atoms with E-state index in [2.05, 4.69) is 42.8 Å². The maximum atomic E-state index is 13.7. The van der Waals surface area contributed by atoms with Gasteiger partial charge in [-0.2, -0.15) is 0 Å². The molecule has 0 saturated carbocycles. The summed E-state index contributed by atoms with van der Waals surface area (Å²) in [4.78, 5) is 19.0. The Morgan fingerprint density at radius 1 is 1.13 bits per heavy atom. The highest BCUT2D eigenvalue weighted by Gasteiger charge is 2.35. The molecule has 4 rings (SSSR count). The van der Waals surface area contributed by atoms with Crippen molar-refractivity contribution in [3.8, 4) is 0 Å². The van der Waals surface area contributed by atoms with Crippen LogP contribution in [-0.4, -0.2) is 37.5 Å². The van der Waals surface area contributed by atoms with E-state index in [1.807, 2.05) is 47.4 Å². The highest BCUT2D eigenvalue weighted by molar-refractivity contribution is 8.00. The maximum absolute atomic E-state index is 13.7. The van der Waals surface area contributed by atoms with Crippen LogP contribution in [0, 0.1) is 0 Å². The first kappa shape index (κ1) is 21.0. The van der Waals surface area contributed by atoms with E-state index in [0.717, 1.165) is 46.4 Å². The molecule has 0 aliphatic carbocycles. The van der Waals surface area contributed by atoms with Gasteiger partial charge in [0, 0.05) is 28.4 Å². The number of fused-ring (bicyclic) bond motifs is 3. The van der Waals surface area contributed by atoms with Crippen LogP contribution in [0.3, 0.4) is 0 Å². The quantitative estimate of drug-likeness (QED) is 0.413. The van der Waals surface area contributed by atoms with Crippen molar-refractivity contribution < 1.29 is 4.79 Å². The van der Waals surface area contributed by atoms with E-state index in [1.54, 1.807) is 11.8 Å². The largest absolute Gasteiger partial charge is 0.309 e. The molecule has 0 N–H and O–H groups in total. The number of carbonyl (C=O) groups excluding carboxylic acids is 1. The minimum Gasteiger partial charge on any atom is -0.309 e. The molecule has 0 radical (unpaired) electrons. The molecular weight excluding hydrogens is 412 g/mol. The number of rotatable bonds is 7. The lowest BCUT2D eigenvalue weighted by Crippen LogP contribution is -2.39. The zero-order valence-corrected chi connectivity index (χ0v) is 18.6. The molecule has 5 heteroatoms. The topological polar surface area (TPSA) is 23.6 Å². The summed E-state index contributed by atoms with van der Waals surface area (Å²) in [5.74, 6) is 0.137. The highest BCUT2D eigenvalue weighted by atomic mass is 35.5. The van der Waals surface area contributed by atoms with Crippen LogP contribution in [0.4, 0.5) is 5.69 Å². The first-order chi connectivity index (χ1) is 14.6. The lowest BCUT2D eigenvalue weighted by Gasteiger charge is -2.35. The molecule has 1 aliphatic rings. The Morgan fingerprint density at radius 3 is 2.67 bits per heavy atom. The minimum atomic E-state index is -0.262. The predicted octanol–water partition coefficient (Wildman–Crippen LogP) is 6.18. The number of likely N-dealkylation sites (N-methyl/N-ethyl adjacent to an activating group) is 1. The Kier molecular flexibility index (Phi) is 6.47. The number of halogens is 1. The molecule has 3 aromatic carbocycles. The standard InChI is InChI=1S/C25H25ClN2OS/c1-3-15-27(2)16-6-17-28-23-21-8-5-4-7-18(21)11-14-22(23)30-24(25(28)29)19-9-12-20(26)13-10-19/h3-5,7-14,24H,1,6,15-17H2,2H3. The van der Waals surface area contributed by atoms with Crippen LogP contribution in [0.15, 0.2) is 78.2 Å². The van der Waals surface area contributed by atoms with Gasteiger partial charge in [-0.05, 0) is 49.2 Å². The van der Waals surface area contributed by atoms with Crippen LogP contribution in [0.1, 0.15) is 17.2 Å². The van der Waals surface area contributed by atoms with Crippen LogP contribution < -0.4 is 4.90 Å². The molecule has 1 amide bonds. The Bertz CT molecular complexity index is 1070. The number of hydrogen-bond acceptors (Lipinski definition) is 3. The summed E-state index contributed by atoms with van der Waals surface area (Å²) in [7, 11) is 2.08. The molecule has 0 aromatic heterocycles. The molecule has 30 heavy (non-hydrogen) atoms. The van der Waals surface area contributed by atoms with E-state index in [9.17, 15) is 4.79 Å². The van der Waals surface area contributed by atoms with E-state index >= 15 is 0 Å². The Hall–Kier alpha value is -2.27. The first-order valence-electron chi connectivity index (χ1n) is 10.1. The van der Waals surface area contributed by atoms with Crippen molar-refractivity contribution in [3.05, 3.63) is 83.9 Å². The Labute approximate surface area is 187 Å². The van der Waals surface area contributed by atoms with Gasteiger partial charge in [0.1, 0.15) is 5.25 Å². The maximum Gasteiger partial charge on any atom is 0.245 e. The van der Waals surface area contributed by atoms with E-state index in [-0.39, 0.29) is 11.2 Å². The summed E-state index contributed by atoms with van der Waals surface area (Å²) < 4.78 is 0. The van der Waals surface area contributed by atoms with Gasteiger partial charge in [0.15, 0.2) is 0 Å². The van der Waals surface area contributed by atoms with E-state index in [0.29, 0.717) is 11.6 Å². The van der Waals surface area contributed by atoms with Crippen molar-refractivity contribution in [2.45, 2.75) is 16.6 Å². The molecule has 1 unspecified atom stereocenters. The van der Waals surface area contributed by atoms with Crippen molar-refractivity contribution in [1.29, 1.82) is 0 Å². The normalized spacial score (nSPS) is 16.2. The van der Waals surface area contributed by atoms with E-state index in [4.69, 9.17) is 11.6 Å². The van der Waals surface area contributed by atoms with Crippen molar-refractivity contribution in [2.24, 2.45) is 0 Å². The number of thioether (sulfide) groups is 1. The van der Waals surface area contributed by atoms with Gasteiger partial charge in [0.2, 0.25) is 5.91 Å². The van der Waals surface area contributed by atoms with Gasteiger partial charge in [0.25, 0.3) is 0 Å². The highest BCUT2D eigenvalue weighted by Crippen LogP contribution is 2.49. The number of carbonyl (C=O) groups is 1. The molecule has 0 fully saturated rings. The zero-order chi connectivity index (χ0) is 21.1. The lowest BCUT2D eigenvalue weighted by atomic mass is 10.1. The third-order valence-corrected chi connectivity index (χ3v) is 6.95. The van der Waals surface area contributed by atoms with Crippen LogP contribution in [0.2, 0.25) is 5.02 Å². The third kappa shape index (κ3) is 4.27. The van der Waals surface area contributed by atoms with Gasteiger partial charge in [-0.3, -0.25) is 4.79 Å². The van der Waals surface area contributed by atoms with Gasteiger partial charge < -0.3 is 9.80 Å². The molecule has 1 aliphatic heterocycles. The first-order valence-corrected chi connectivity index (χ1v) is 11.4. The smallest absolute Gasteiger partial charge is 0.245 e. The average Bonchev–Trinajstić information content (AvgIpc) is 2.75. The summed E-state index contributed by atoms with van der Waals surface area (Å²) in [6.45, 7) is 6.25. The molecular formula is C25H25ClN2OS. The van der Waals surface area contributed by atoms with Crippen molar-refractivity contribution in [1.82, 2.24) is 4.90 Å². The molecule has 3 nitrogen and oxygen atoms in total. The van der Waals surface area contributed by atoms with Crippen LogP contribution in [0.25, 0.3) is 10.8 Å². The van der Waals surface area contributed by atoms with E-state index < -0.39 is 0 Å². The van der Waals surface area contributed by atoms with Gasteiger partial charge in [0.05, 0.1) is 5.69 Å². The van der Waals surface area contributed by atoms with Crippen molar-refractivity contribution in [2.75, 3.05) is 31.6 Å². The molecule has 1 atom stereocenters. The average molecular weight is 437 g/mol. The molecule has 1 heterocycles. The summed E-state index contributed by atoms with van der Waals surface area (Å²) >= 11 is 7.70. The van der Waals surface area contributed by atoms with Gasteiger partial charge in [-0.1, -0.05) is 60.1 Å². The second kappa shape index (κ2) is 9.25. The number of anilines is 1. The van der Waals surface area contributed by atoms with Crippen molar-refractivity contribution >= 4 is 45.7 Å². The number of nitrogens with zero attached hydrogens (tertiary/aromatic N) is 2. The summed E-state index contributed by atoms with van der Waals surface area (Å²) in [6, 6.07) is 20.2. The summed E-state index contributed by atoms with van der Waals surface area (Å²) in [5.41, 5.74) is 2.03. The zero-order valence-electron chi connectivity index (χ0n) is 17.1. The number of benzene rings is 3. The molecule has 3 aromatic rings. The molecule has 0 bridgehead atoms. The number of amides is 1. The summed E-state index contributed by atoms with van der Waals surface area (Å²) in [6.07, 6.45) is 2.80. The molecule has 0 saturated heterocycles. The van der Waals surface area contributed by atoms with E-state index in [1.165, 1.54) is 0 Å². The van der Waals surface area contributed by atoms with Gasteiger partial charge >= 0.3 is 0 Å². The Balaban J connectivity index is 1.71.